The van der Waals surface area contributed by atoms with Gasteiger partial charge in [0.2, 0.25) is 0 Å². The number of nitrogens with zero attached hydrogens (tertiary/aromatic N) is 1. The number of nitrogens with one attached hydrogen (secondary N) is 1. The number of furan rings is 1. The van der Waals surface area contributed by atoms with Crippen molar-refractivity contribution in [2.24, 2.45) is 17.6 Å². The second kappa shape index (κ2) is 7.02. The van der Waals surface area contributed by atoms with Gasteiger partial charge in [0.05, 0.1) is 23.1 Å². The van der Waals surface area contributed by atoms with E-state index in [0.29, 0.717) is 52.5 Å². The average Bonchev–Trinajstić information content (AvgIpc) is 3.32. The minimum Gasteiger partial charge on any atom is -0.469 e. The van der Waals surface area contributed by atoms with Gasteiger partial charge >= 0.3 is 0 Å². The van der Waals surface area contributed by atoms with Gasteiger partial charge in [0.25, 0.3) is 11.8 Å². The van der Waals surface area contributed by atoms with Crippen LogP contribution < -0.4 is 11.1 Å². The highest BCUT2D eigenvalue weighted by atomic mass is 35.5. The molecular formula is C20H22ClN3O3. The Labute approximate surface area is 162 Å². The molecule has 2 amide bonds. The molecule has 7 heteroatoms. The number of anilines is 1. The molecule has 3 N–H and O–H groups in total. The van der Waals surface area contributed by atoms with Gasteiger partial charge in [0.1, 0.15) is 5.76 Å². The predicted octanol–water partition coefficient (Wildman–Crippen LogP) is 3.30. The molecule has 27 heavy (non-hydrogen) atoms. The van der Waals surface area contributed by atoms with Gasteiger partial charge in [-0.25, -0.2) is 0 Å². The molecule has 0 bridgehead atoms. The minimum absolute atomic E-state index is 0.104. The standard InChI is InChI=1S/C20H22ClN3O3/c1-11-14(6-7-27-11)19(25)23-18-8-13(21)3-4-15(18)20(26)24-9-12-2-5-17(22)16(12)10-24/h3-4,6-8,12,16-17H,2,5,9-10,22H2,1H3,(H,23,25). The highest BCUT2D eigenvalue weighted by Crippen LogP contribution is 2.38. The zero-order valence-corrected chi connectivity index (χ0v) is 15.8. The molecule has 3 unspecified atom stereocenters. The van der Waals surface area contributed by atoms with Crippen LogP contribution in [0.5, 0.6) is 0 Å². The Bertz CT molecular complexity index is 894. The number of carbonyl (C=O) groups excluding carboxylic acids is 2. The predicted molar refractivity (Wildman–Crippen MR) is 103 cm³/mol. The van der Waals surface area contributed by atoms with E-state index in [9.17, 15) is 9.59 Å². The van der Waals surface area contributed by atoms with E-state index in [1.807, 2.05) is 4.90 Å². The Morgan fingerprint density at radius 2 is 2.04 bits per heavy atom. The van der Waals surface area contributed by atoms with Gasteiger partial charge in [-0.2, -0.15) is 0 Å². The molecule has 3 atom stereocenters. The summed E-state index contributed by atoms with van der Waals surface area (Å²) in [5.74, 6) is 0.921. The number of aryl methyl sites for hydroxylation is 1. The van der Waals surface area contributed by atoms with Gasteiger partial charge in [-0.3, -0.25) is 9.59 Å². The van der Waals surface area contributed by atoms with E-state index < -0.39 is 0 Å². The Balaban J connectivity index is 1.57. The van der Waals surface area contributed by atoms with Crippen molar-refractivity contribution in [1.82, 2.24) is 4.90 Å². The van der Waals surface area contributed by atoms with E-state index in [1.54, 1.807) is 31.2 Å². The number of amides is 2. The molecule has 142 valence electrons. The molecule has 1 saturated heterocycles. The van der Waals surface area contributed by atoms with Gasteiger partial charge in [0, 0.05) is 24.2 Å². The van der Waals surface area contributed by atoms with Crippen LogP contribution in [0.25, 0.3) is 0 Å². The lowest BCUT2D eigenvalue weighted by atomic mass is 9.98. The Morgan fingerprint density at radius 1 is 1.22 bits per heavy atom. The summed E-state index contributed by atoms with van der Waals surface area (Å²) in [6.07, 6.45) is 3.56. The minimum atomic E-state index is -0.335. The van der Waals surface area contributed by atoms with E-state index in [1.165, 1.54) is 6.26 Å². The van der Waals surface area contributed by atoms with Crippen molar-refractivity contribution in [1.29, 1.82) is 0 Å². The van der Waals surface area contributed by atoms with Crippen molar-refractivity contribution < 1.29 is 14.0 Å². The van der Waals surface area contributed by atoms with Crippen LogP contribution in [0, 0.1) is 18.8 Å². The normalized spacial score (nSPS) is 24.1. The maximum atomic E-state index is 13.1. The molecule has 2 aromatic rings. The molecule has 2 aliphatic rings. The van der Waals surface area contributed by atoms with Crippen LogP contribution in [0.3, 0.4) is 0 Å². The lowest BCUT2D eigenvalue weighted by Gasteiger charge is -2.20. The van der Waals surface area contributed by atoms with Crippen molar-refractivity contribution in [3.8, 4) is 0 Å². The summed E-state index contributed by atoms with van der Waals surface area (Å²) in [4.78, 5) is 27.5. The maximum absolute atomic E-state index is 13.1. The fraction of sp³-hybridized carbons (Fsp3) is 0.400. The van der Waals surface area contributed by atoms with Gasteiger partial charge in [-0.1, -0.05) is 11.6 Å². The second-order valence-electron chi connectivity index (χ2n) is 7.41. The molecule has 6 nitrogen and oxygen atoms in total. The number of hydrogen-bond donors (Lipinski definition) is 2. The average molecular weight is 388 g/mol. The van der Waals surface area contributed by atoms with Crippen LogP contribution in [0.4, 0.5) is 5.69 Å². The Kier molecular flexibility index (Phi) is 4.70. The van der Waals surface area contributed by atoms with E-state index in [0.717, 1.165) is 12.8 Å². The molecule has 0 spiro atoms. The Morgan fingerprint density at radius 3 is 2.74 bits per heavy atom. The van der Waals surface area contributed by atoms with Gasteiger partial charge in [-0.05, 0) is 55.9 Å². The number of rotatable bonds is 3. The molecule has 0 radical (unpaired) electrons. The first-order valence-electron chi connectivity index (χ1n) is 9.14. The zero-order chi connectivity index (χ0) is 19.1. The molecule has 1 aliphatic carbocycles. The van der Waals surface area contributed by atoms with Crippen molar-refractivity contribution in [2.45, 2.75) is 25.8 Å². The van der Waals surface area contributed by atoms with Gasteiger partial charge in [0.15, 0.2) is 0 Å². The number of nitrogens with two attached hydrogens (primary N) is 1. The first-order valence-corrected chi connectivity index (χ1v) is 9.51. The first-order chi connectivity index (χ1) is 12.9. The summed E-state index contributed by atoms with van der Waals surface area (Å²) < 4.78 is 5.18. The summed E-state index contributed by atoms with van der Waals surface area (Å²) in [6.45, 7) is 3.10. The lowest BCUT2D eigenvalue weighted by Crippen LogP contribution is -2.34. The van der Waals surface area contributed by atoms with Crippen LogP contribution >= 0.6 is 11.6 Å². The van der Waals surface area contributed by atoms with Crippen LogP contribution in [0.15, 0.2) is 34.9 Å². The van der Waals surface area contributed by atoms with E-state index in [2.05, 4.69) is 5.32 Å². The molecule has 1 aromatic carbocycles. The van der Waals surface area contributed by atoms with E-state index >= 15 is 0 Å². The van der Waals surface area contributed by atoms with Crippen molar-refractivity contribution >= 4 is 29.1 Å². The number of fused-ring (bicyclic) bond motifs is 1. The summed E-state index contributed by atoms with van der Waals surface area (Å²) in [5.41, 5.74) is 7.44. The number of hydrogen-bond acceptors (Lipinski definition) is 4. The van der Waals surface area contributed by atoms with Gasteiger partial charge in [-0.15, -0.1) is 0 Å². The van der Waals surface area contributed by atoms with E-state index in [-0.39, 0.29) is 17.9 Å². The summed E-state index contributed by atoms with van der Waals surface area (Å²) in [6, 6.07) is 6.69. The quantitative estimate of drug-likeness (QED) is 0.845. The third-order valence-corrected chi connectivity index (χ3v) is 6.00. The fourth-order valence-corrected chi connectivity index (χ4v) is 4.43. The Hall–Kier alpha value is -2.31. The number of likely N-dealkylation sites (tertiary alicyclic amines) is 1. The topological polar surface area (TPSA) is 88.6 Å². The largest absolute Gasteiger partial charge is 0.469 e. The summed E-state index contributed by atoms with van der Waals surface area (Å²) >= 11 is 6.11. The second-order valence-corrected chi connectivity index (χ2v) is 7.85. The molecular weight excluding hydrogens is 366 g/mol. The highest BCUT2D eigenvalue weighted by molar-refractivity contribution is 6.31. The summed E-state index contributed by atoms with van der Waals surface area (Å²) in [5, 5.41) is 3.25. The zero-order valence-electron chi connectivity index (χ0n) is 15.1. The van der Waals surface area contributed by atoms with Gasteiger partial charge < -0.3 is 20.4 Å². The van der Waals surface area contributed by atoms with Crippen LogP contribution in [0.1, 0.15) is 39.3 Å². The summed E-state index contributed by atoms with van der Waals surface area (Å²) in [7, 11) is 0. The fourth-order valence-electron chi connectivity index (χ4n) is 4.26. The van der Waals surface area contributed by atoms with Crippen LogP contribution in [-0.4, -0.2) is 35.8 Å². The maximum Gasteiger partial charge on any atom is 0.259 e. The molecule has 4 rings (SSSR count). The van der Waals surface area contributed by atoms with Crippen LogP contribution in [0.2, 0.25) is 5.02 Å². The third-order valence-electron chi connectivity index (χ3n) is 5.76. The number of benzene rings is 1. The smallest absolute Gasteiger partial charge is 0.259 e. The molecule has 1 saturated carbocycles. The molecule has 2 heterocycles. The monoisotopic (exact) mass is 387 g/mol. The van der Waals surface area contributed by atoms with E-state index in [4.69, 9.17) is 21.8 Å². The lowest BCUT2D eigenvalue weighted by molar-refractivity contribution is 0.0780. The molecule has 2 fully saturated rings. The van der Waals surface area contributed by atoms with Crippen molar-refractivity contribution in [3.63, 3.8) is 0 Å². The highest BCUT2D eigenvalue weighted by Gasteiger charge is 2.42. The first kappa shape index (κ1) is 18.1. The van der Waals surface area contributed by atoms with Crippen LogP contribution in [-0.2, 0) is 0 Å². The SMILES string of the molecule is Cc1occc1C(=O)Nc1cc(Cl)ccc1C(=O)N1CC2CCC(N)C2C1. The number of halogens is 1. The third kappa shape index (κ3) is 3.35. The number of carbonyl (C=O) groups is 2. The van der Waals surface area contributed by atoms with Crippen molar-refractivity contribution in [3.05, 3.63) is 52.4 Å². The molecule has 1 aliphatic heterocycles. The molecule has 1 aromatic heterocycles. The van der Waals surface area contributed by atoms with Crippen molar-refractivity contribution in [2.75, 3.05) is 18.4 Å².